The first-order valence-electron chi connectivity index (χ1n) is 10.2. The zero-order valence-electron chi connectivity index (χ0n) is 17.1. The van der Waals surface area contributed by atoms with Crippen molar-refractivity contribution in [2.75, 3.05) is 33.4 Å². The highest BCUT2D eigenvalue weighted by Gasteiger charge is 2.11. The molecule has 1 heterocycles. The number of ether oxygens (including phenoxy) is 1. The Kier molecular flexibility index (Phi) is 7.88. The molecule has 0 aromatic heterocycles. The van der Waals surface area contributed by atoms with E-state index in [0.717, 1.165) is 58.3 Å². The zero-order chi connectivity index (χ0) is 19.6. The van der Waals surface area contributed by atoms with Gasteiger partial charge in [0, 0.05) is 39.8 Å². The zero-order valence-corrected chi connectivity index (χ0v) is 17.1. The average Bonchev–Trinajstić information content (AvgIpc) is 2.75. The minimum absolute atomic E-state index is 0.756. The van der Waals surface area contributed by atoms with Crippen LogP contribution in [-0.4, -0.2) is 44.2 Å². The van der Waals surface area contributed by atoms with Gasteiger partial charge in [-0.05, 0) is 28.7 Å². The van der Waals surface area contributed by atoms with Gasteiger partial charge in [0.05, 0.1) is 13.2 Å². The third-order valence-electron chi connectivity index (χ3n) is 5.13. The molecule has 0 bridgehead atoms. The number of nitrogens with zero attached hydrogens (tertiary/aromatic N) is 2. The van der Waals surface area contributed by atoms with Crippen LogP contribution in [-0.2, 0) is 30.8 Å². The third-order valence-corrected chi connectivity index (χ3v) is 5.13. The molecular weight excluding hydrogens is 348 g/mol. The molecule has 5 nitrogen and oxygen atoms in total. The Morgan fingerprint density at radius 1 is 0.964 bits per heavy atom. The maximum atomic E-state index is 5.44. The summed E-state index contributed by atoms with van der Waals surface area (Å²) in [4.78, 5) is 6.81. The lowest BCUT2D eigenvalue weighted by atomic mass is 10.1. The van der Waals surface area contributed by atoms with Gasteiger partial charge >= 0.3 is 0 Å². The number of hydrogen-bond acceptors (Lipinski definition) is 3. The van der Waals surface area contributed by atoms with Crippen molar-refractivity contribution in [2.45, 2.75) is 33.0 Å². The molecule has 2 aromatic rings. The summed E-state index contributed by atoms with van der Waals surface area (Å²) < 4.78 is 5.44. The van der Waals surface area contributed by atoms with Gasteiger partial charge in [-0.2, -0.15) is 0 Å². The molecule has 28 heavy (non-hydrogen) atoms. The molecule has 1 aliphatic heterocycles. The highest BCUT2D eigenvalue weighted by Crippen LogP contribution is 2.11. The van der Waals surface area contributed by atoms with Gasteiger partial charge in [0.15, 0.2) is 5.96 Å². The number of aliphatic imine (C=N–C) groups is 1. The Hall–Kier alpha value is -2.37. The fourth-order valence-corrected chi connectivity index (χ4v) is 3.52. The molecule has 0 atom stereocenters. The fourth-order valence-electron chi connectivity index (χ4n) is 3.52. The molecule has 1 aliphatic rings. The predicted octanol–water partition coefficient (Wildman–Crippen LogP) is 2.95. The van der Waals surface area contributed by atoms with E-state index in [1.165, 1.54) is 22.3 Å². The van der Waals surface area contributed by atoms with Crippen LogP contribution in [0.3, 0.4) is 0 Å². The van der Waals surface area contributed by atoms with E-state index in [9.17, 15) is 0 Å². The van der Waals surface area contributed by atoms with E-state index in [-0.39, 0.29) is 0 Å². The van der Waals surface area contributed by atoms with Crippen molar-refractivity contribution < 1.29 is 4.74 Å². The Morgan fingerprint density at radius 2 is 1.68 bits per heavy atom. The lowest BCUT2D eigenvalue weighted by Gasteiger charge is -2.26. The normalized spacial score (nSPS) is 15.4. The highest BCUT2D eigenvalue weighted by molar-refractivity contribution is 5.79. The average molecular weight is 381 g/mol. The van der Waals surface area contributed by atoms with E-state index in [0.29, 0.717) is 0 Å². The summed E-state index contributed by atoms with van der Waals surface area (Å²) in [5.74, 6) is 0.824. The van der Waals surface area contributed by atoms with Crippen LogP contribution in [0.4, 0.5) is 0 Å². The molecule has 0 unspecified atom stereocenters. The van der Waals surface area contributed by atoms with Gasteiger partial charge in [0.2, 0.25) is 0 Å². The summed E-state index contributed by atoms with van der Waals surface area (Å²) in [6, 6.07) is 17.3. The molecule has 1 fully saturated rings. The van der Waals surface area contributed by atoms with Crippen molar-refractivity contribution in [3.8, 4) is 0 Å². The van der Waals surface area contributed by atoms with Crippen LogP contribution < -0.4 is 10.6 Å². The van der Waals surface area contributed by atoms with Gasteiger partial charge in [-0.25, -0.2) is 0 Å². The van der Waals surface area contributed by atoms with E-state index < -0.39 is 0 Å². The molecule has 0 radical (unpaired) electrons. The van der Waals surface area contributed by atoms with E-state index in [4.69, 9.17) is 4.74 Å². The second kappa shape index (κ2) is 10.8. The molecule has 150 valence electrons. The lowest BCUT2D eigenvalue weighted by molar-refractivity contribution is 0.0342. The summed E-state index contributed by atoms with van der Waals surface area (Å²) in [5, 5.41) is 6.86. The number of rotatable bonds is 7. The van der Waals surface area contributed by atoms with Crippen LogP contribution in [0.25, 0.3) is 0 Å². The second-order valence-electron chi connectivity index (χ2n) is 7.11. The Bertz CT molecular complexity index is 769. The van der Waals surface area contributed by atoms with Crippen molar-refractivity contribution in [3.63, 3.8) is 0 Å². The van der Waals surface area contributed by atoms with Crippen molar-refractivity contribution in [1.29, 1.82) is 0 Å². The van der Waals surface area contributed by atoms with Crippen LogP contribution >= 0.6 is 0 Å². The number of morpholine rings is 1. The summed E-state index contributed by atoms with van der Waals surface area (Å²) in [6.45, 7) is 8.41. The number of hydrogen-bond donors (Lipinski definition) is 2. The lowest BCUT2D eigenvalue weighted by Crippen LogP contribution is -2.36. The first-order valence-corrected chi connectivity index (χ1v) is 10.2. The van der Waals surface area contributed by atoms with Crippen LogP contribution in [0.5, 0.6) is 0 Å². The van der Waals surface area contributed by atoms with Gasteiger partial charge in [0.1, 0.15) is 0 Å². The van der Waals surface area contributed by atoms with Gasteiger partial charge in [-0.15, -0.1) is 0 Å². The topological polar surface area (TPSA) is 48.9 Å². The molecule has 0 aliphatic carbocycles. The molecule has 1 saturated heterocycles. The van der Waals surface area contributed by atoms with Gasteiger partial charge in [0.25, 0.3) is 0 Å². The quantitative estimate of drug-likeness (QED) is 0.573. The van der Waals surface area contributed by atoms with Crippen LogP contribution in [0.15, 0.2) is 53.5 Å². The van der Waals surface area contributed by atoms with Crippen molar-refractivity contribution >= 4 is 5.96 Å². The van der Waals surface area contributed by atoms with Gasteiger partial charge in [-0.3, -0.25) is 9.89 Å². The number of guanidine groups is 1. The fraction of sp³-hybridized carbons (Fsp3) is 0.435. The minimum atomic E-state index is 0.756. The van der Waals surface area contributed by atoms with Crippen molar-refractivity contribution in [1.82, 2.24) is 15.5 Å². The summed E-state index contributed by atoms with van der Waals surface area (Å²) >= 11 is 0. The van der Waals surface area contributed by atoms with E-state index in [1.54, 1.807) is 0 Å². The Morgan fingerprint density at radius 3 is 2.43 bits per heavy atom. The Labute approximate surface area is 168 Å². The molecule has 2 N–H and O–H groups in total. The van der Waals surface area contributed by atoms with Crippen molar-refractivity contribution in [2.24, 2.45) is 4.99 Å². The maximum absolute atomic E-state index is 5.44. The number of benzene rings is 2. The first kappa shape index (κ1) is 20.4. The first-order chi connectivity index (χ1) is 13.8. The van der Waals surface area contributed by atoms with Gasteiger partial charge < -0.3 is 15.4 Å². The highest BCUT2D eigenvalue weighted by atomic mass is 16.5. The monoisotopic (exact) mass is 380 g/mol. The SMILES string of the molecule is CCc1ccccc1CNC(=NC)NCc1cccc(CN2CCOCC2)c1. The second-order valence-corrected chi connectivity index (χ2v) is 7.11. The molecule has 5 heteroatoms. The minimum Gasteiger partial charge on any atom is -0.379 e. The Balaban J connectivity index is 1.51. The standard InChI is InChI=1S/C23H32N4O/c1-3-21-9-4-5-10-22(21)17-26-23(24-2)25-16-19-7-6-8-20(15-19)18-27-11-13-28-14-12-27/h4-10,15H,3,11-14,16-18H2,1-2H3,(H2,24,25,26). The summed E-state index contributed by atoms with van der Waals surface area (Å²) in [6.07, 6.45) is 1.04. The van der Waals surface area contributed by atoms with Crippen molar-refractivity contribution in [3.05, 3.63) is 70.8 Å². The smallest absolute Gasteiger partial charge is 0.191 e. The van der Waals surface area contributed by atoms with Crippen LogP contribution in [0.1, 0.15) is 29.2 Å². The third kappa shape index (κ3) is 6.08. The van der Waals surface area contributed by atoms with E-state index >= 15 is 0 Å². The summed E-state index contributed by atoms with van der Waals surface area (Å²) in [7, 11) is 1.82. The number of nitrogens with one attached hydrogen (secondary N) is 2. The van der Waals surface area contributed by atoms with Crippen LogP contribution in [0.2, 0.25) is 0 Å². The molecular formula is C23H32N4O. The molecule has 3 rings (SSSR count). The number of aryl methyl sites for hydroxylation is 1. The van der Waals surface area contributed by atoms with Crippen LogP contribution in [0, 0.1) is 0 Å². The molecule has 0 saturated carbocycles. The molecule has 0 spiro atoms. The largest absolute Gasteiger partial charge is 0.379 e. The molecule has 2 aromatic carbocycles. The van der Waals surface area contributed by atoms with E-state index in [1.807, 2.05) is 7.05 Å². The predicted molar refractivity (Wildman–Crippen MR) is 115 cm³/mol. The maximum Gasteiger partial charge on any atom is 0.191 e. The van der Waals surface area contributed by atoms with Gasteiger partial charge in [-0.1, -0.05) is 55.5 Å². The molecule has 0 amide bonds. The summed E-state index contributed by atoms with van der Waals surface area (Å²) in [5.41, 5.74) is 5.31. The van der Waals surface area contributed by atoms with E-state index in [2.05, 4.69) is 76.0 Å².